The molecule has 0 aromatic carbocycles. The fourth-order valence-corrected chi connectivity index (χ4v) is 3.20. The van der Waals surface area contributed by atoms with Crippen LogP contribution in [0.5, 0.6) is 0 Å². The van der Waals surface area contributed by atoms with Gasteiger partial charge in [0.1, 0.15) is 11.2 Å². The van der Waals surface area contributed by atoms with Crippen LogP contribution >= 0.6 is 0 Å². The number of fused-ring (bicyclic) bond motifs is 1. The summed E-state index contributed by atoms with van der Waals surface area (Å²) in [5, 5.41) is 0.831. The van der Waals surface area contributed by atoms with Gasteiger partial charge in [-0.1, -0.05) is 6.92 Å². The maximum atomic E-state index is 12.8. The van der Waals surface area contributed by atoms with Crippen molar-refractivity contribution in [2.24, 2.45) is 5.92 Å². The molecule has 1 atom stereocenters. The van der Waals surface area contributed by atoms with Gasteiger partial charge in [-0.05, 0) is 43.9 Å². The van der Waals surface area contributed by atoms with Gasteiger partial charge in [-0.25, -0.2) is 4.98 Å². The fraction of sp³-hybridized carbons (Fsp3) is 0.471. The lowest BCUT2D eigenvalue weighted by Gasteiger charge is -2.31. The van der Waals surface area contributed by atoms with E-state index in [9.17, 15) is 9.59 Å². The number of piperidine rings is 1. The van der Waals surface area contributed by atoms with Gasteiger partial charge in [-0.3, -0.25) is 14.2 Å². The van der Waals surface area contributed by atoms with Crippen LogP contribution in [0.1, 0.15) is 37.0 Å². The van der Waals surface area contributed by atoms with E-state index in [-0.39, 0.29) is 17.0 Å². The van der Waals surface area contributed by atoms with Crippen LogP contribution in [0.25, 0.3) is 11.0 Å². The number of hydrogen-bond acceptors (Lipinski definition) is 3. The van der Waals surface area contributed by atoms with Crippen molar-refractivity contribution in [1.29, 1.82) is 0 Å². The van der Waals surface area contributed by atoms with Crippen molar-refractivity contribution >= 4 is 16.9 Å². The smallest absolute Gasteiger partial charge is 0.265 e. The van der Waals surface area contributed by atoms with Crippen molar-refractivity contribution in [1.82, 2.24) is 14.5 Å². The standard InChI is InChI=1S/C17H21N3O2/c1-3-20-15-13(7-4-8-18-15)10-14(17(20)22)16(21)19-9-5-6-12(2)11-19/h4,7-8,10,12H,3,5-6,9,11H2,1-2H3/t12-/m1/s1. The largest absolute Gasteiger partial charge is 0.338 e. The molecule has 0 radical (unpaired) electrons. The van der Waals surface area contributed by atoms with Crippen molar-refractivity contribution in [3.05, 3.63) is 40.3 Å². The van der Waals surface area contributed by atoms with Gasteiger partial charge in [0.15, 0.2) is 0 Å². The molecular weight excluding hydrogens is 278 g/mol. The molecule has 1 amide bonds. The summed E-state index contributed by atoms with van der Waals surface area (Å²) in [4.78, 5) is 31.5. The lowest BCUT2D eigenvalue weighted by atomic mass is 9.99. The Hall–Kier alpha value is -2.17. The van der Waals surface area contributed by atoms with Gasteiger partial charge in [0.25, 0.3) is 11.5 Å². The van der Waals surface area contributed by atoms with Gasteiger partial charge < -0.3 is 4.90 Å². The molecule has 3 heterocycles. The highest BCUT2D eigenvalue weighted by Gasteiger charge is 2.25. The van der Waals surface area contributed by atoms with Crippen LogP contribution in [0.3, 0.4) is 0 Å². The minimum atomic E-state index is -0.239. The molecule has 0 unspecified atom stereocenters. The molecule has 5 heteroatoms. The Morgan fingerprint density at radius 1 is 1.45 bits per heavy atom. The Kier molecular flexibility index (Phi) is 3.96. The lowest BCUT2D eigenvalue weighted by molar-refractivity contribution is 0.0681. The third kappa shape index (κ3) is 2.51. The average molecular weight is 299 g/mol. The normalized spacial score (nSPS) is 18.6. The molecule has 0 bridgehead atoms. The summed E-state index contributed by atoms with van der Waals surface area (Å²) in [5.41, 5.74) is 0.659. The van der Waals surface area contributed by atoms with E-state index in [4.69, 9.17) is 0 Å². The number of hydrogen-bond donors (Lipinski definition) is 0. The molecule has 2 aromatic rings. The van der Waals surface area contributed by atoms with Gasteiger partial charge in [0.05, 0.1) is 0 Å². The highest BCUT2D eigenvalue weighted by atomic mass is 16.2. The maximum absolute atomic E-state index is 12.8. The first-order chi connectivity index (χ1) is 10.6. The zero-order valence-corrected chi connectivity index (χ0v) is 13.1. The first-order valence-corrected chi connectivity index (χ1v) is 7.89. The number of aromatic nitrogens is 2. The molecule has 1 aliphatic rings. The zero-order chi connectivity index (χ0) is 15.7. The SMILES string of the molecule is CCn1c(=O)c(C(=O)N2CCC[C@@H](C)C2)cc2cccnc21. The van der Waals surface area contributed by atoms with E-state index in [1.807, 2.05) is 24.0 Å². The summed E-state index contributed by atoms with van der Waals surface area (Å²) in [6.45, 7) is 6.01. The van der Waals surface area contributed by atoms with E-state index in [1.165, 1.54) is 0 Å². The predicted molar refractivity (Wildman–Crippen MR) is 86.0 cm³/mol. The number of amides is 1. The molecule has 2 aromatic heterocycles. The Morgan fingerprint density at radius 3 is 3.00 bits per heavy atom. The van der Waals surface area contributed by atoms with E-state index >= 15 is 0 Å². The number of pyridine rings is 2. The Bertz CT molecular complexity index is 766. The molecule has 0 N–H and O–H groups in total. The van der Waals surface area contributed by atoms with Gasteiger partial charge >= 0.3 is 0 Å². The van der Waals surface area contributed by atoms with Crippen LogP contribution in [0.15, 0.2) is 29.2 Å². The van der Waals surface area contributed by atoms with Gasteiger partial charge in [0, 0.05) is 31.2 Å². The molecule has 1 fully saturated rings. The highest BCUT2D eigenvalue weighted by Crippen LogP contribution is 2.18. The first-order valence-electron chi connectivity index (χ1n) is 7.89. The monoisotopic (exact) mass is 299 g/mol. The summed E-state index contributed by atoms with van der Waals surface area (Å²) >= 11 is 0. The summed E-state index contributed by atoms with van der Waals surface area (Å²) in [6.07, 6.45) is 3.82. The van der Waals surface area contributed by atoms with E-state index in [0.29, 0.717) is 18.1 Å². The van der Waals surface area contributed by atoms with Crippen LogP contribution in [-0.2, 0) is 6.54 Å². The summed E-state index contributed by atoms with van der Waals surface area (Å²) < 4.78 is 1.58. The van der Waals surface area contributed by atoms with Gasteiger partial charge in [0.2, 0.25) is 0 Å². The van der Waals surface area contributed by atoms with Crippen LogP contribution in [0, 0.1) is 5.92 Å². The van der Waals surface area contributed by atoms with Crippen molar-refractivity contribution in [3.63, 3.8) is 0 Å². The quantitative estimate of drug-likeness (QED) is 0.855. The number of likely N-dealkylation sites (tertiary alicyclic amines) is 1. The number of carbonyl (C=O) groups is 1. The summed E-state index contributed by atoms with van der Waals surface area (Å²) in [5.74, 6) is 0.345. The highest BCUT2D eigenvalue weighted by molar-refractivity contribution is 5.97. The van der Waals surface area contributed by atoms with E-state index < -0.39 is 0 Å². The first kappa shape index (κ1) is 14.8. The van der Waals surface area contributed by atoms with Crippen LogP contribution in [-0.4, -0.2) is 33.4 Å². The predicted octanol–water partition coefficient (Wildman–Crippen LogP) is 2.29. The topological polar surface area (TPSA) is 55.2 Å². The van der Waals surface area contributed by atoms with Crippen molar-refractivity contribution < 1.29 is 4.79 Å². The second-order valence-corrected chi connectivity index (χ2v) is 6.02. The number of nitrogens with zero attached hydrogens (tertiary/aromatic N) is 3. The molecule has 1 aliphatic heterocycles. The molecule has 1 saturated heterocycles. The second kappa shape index (κ2) is 5.91. The van der Waals surface area contributed by atoms with Crippen molar-refractivity contribution in [2.45, 2.75) is 33.2 Å². The minimum absolute atomic E-state index is 0.149. The second-order valence-electron chi connectivity index (χ2n) is 6.02. The van der Waals surface area contributed by atoms with E-state index in [1.54, 1.807) is 16.8 Å². The Labute approximate surface area is 129 Å². The fourth-order valence-electron chi connectivity index (χ4n) is 3.20. The summed E-state index contributed by atoms with van der Waals surface area (Å²) in [7, 11) is 0. The zero-order valence-electron chi connectivity index (χ0n) is 13.1. The number of carbonyl (C=O) groups excluding carboxylic acids is 1. The van der Waals surface area contributed by atoms with E-state index in [2.05, 4.69) is 11.9 Å². The molecule has 0 aliphatic carbocycles. The third-order valence-electron chi connectivity index (χ3n) is 4.34. The molecule has 3 rings (SSSR count). The number of aryl methyl sites for hydroxylation is 1. The molecule has 22 heavy (non-hydrogen) atoms. The van der Waals surface area contributed by atoms with Gasteiger partial charge in [-0.2, -0.15) is 0 Å². The molecule has 0 saturated carbocycles. The van der Waals surface area contributed by atoms with Crippen molar-refractivity contribution in [3.8, 4) is 0 Å². The number of rotatable bonds is 2. The molecule has 116 valence electrons. The average Bonchev–Trinajstić information content (AvgIpc) is 2.53. The Balaban J connectivity index is 2.08. The minimum Gasteiger partial charge on any atom is -0.338 e. The Morgan fingerprint density at radius 2 is 2.27 bits per heavy atom. The molecular formula is C17H21N3O2. The molecule has 0 spiro atoms. The van der Waals surface area contributed by atoms with Crippen molar-refractivity contribution in [2.75, 3.05) is 13.1 Å². The third-order valence-corrected chi connectivity index (χ3v) is 4.34. The van der Waals surface area contributed by atoms with Crippen LogP contribution in [0.2, 0.25) is 0 Å². The van der Waals surface area contributed by atoms with Gasteiger partial charge in [-0.15, -0.1) is 0 Å². The van der Waals surface area contributed by atoms with E-state index in [0.717, 1.165) is 31.3 Å². The maximum Gasteiger partial charge on any atom is 0.265 e. The van der Waals surface area contributed by atoms with Crippen LogP contribution < -0.4 is 5.56 Å². The molecule has 5 nitrogen and oxygen atoms in total. The lowest BCUT2D eigenvalue weighted by Crippen LogP contribution is -2.42. The summed E-state index contributed by atoms with van der Waals surface area (Å²) in [6, 6.07) is 5.41. The van der Waals surface area contributed by atoms with Crippen LogP contribution in [0.4, 0.5) is 0 Å².